The normalized spacial score (nSPS) is 12.2. The number of hydrogen-bond acceptors (Lipinski definition) is 3. The number of ether oxygens (including phenoxy) is 1. The standard InChI is InChI=1S/C14H14BrNO2/c1-18-12-4-2-3-10(7-12)8-14(17)13-6-5-11(15)9-16-13/h2-7,9,14,17H,8H2,1H3. The molecule has 0 fully saturated rings. The van der Waals surface area contributed by atoms with Crippen LogP contribution in [0.4, 0.5) is 0 Å². The van der Waals surface area contributed by atoms with Crippen LogP contribution in [0.15, 0.2) is 47.1 Å². The molecule has 1 N–H and O–H groups in total. The van der Waals surface area contributed by atoms with Crippen molar-refractivity contribution < 1.29 is 9.84 Å². The highest BCUT2D eigenvalue weighted by Crippen LogP contribution is 2.20. The maximum atomic E-state index is 10.1. The fourth-order valence-corrected chi connectivity index (χ4v) is 1.95. The van der Waals surface area contributed by atoms with Crippen LogP contribution in [-0.2, 0) is 6.42 Å². The lowest BCUT2D eigenvalue weighted by atomic mass is 10.1. The predicted octanol–water partition coefficient (Wildman–Crippen LogP) is 3.13. The number of benzene rings is 1. The zero-order valence-corrected chi connectivity index (χ0v) is 11.6. The molecule has 1 aromatic heterocycles. The topological polar surface area (TPSA) is 42.4 Å². The summed E-state index contributed by atoms with van der Waals surface area (Å²) in [5.74, 6) is 0.795. The van der Waals surface area contributed by atoms with Crippen LogP contribution in [0.1, 0.15) is 17.4 Å². The van der Waals surface area contributed by atoms with Gasteiger partial charge in [0.1, 0.15) is 5.75 Å². The van der Waals surface area contributed by atoms with E-state index < -0.39 is 6.10 Å². The second-order valence-electron chi connectivity index (χ2n) is 3.97. The summed E-state index contributed by atoms with van der Waals surface area (Å²) in [6.07, 6.45) is 1.60. The van der Waals surface area contributed by atoms with Crippen molar-refractivity contribution >= 4 is 15.9 Å². The fraction of sp³-hybridized carbons (Fsp3) is 0.214. The Morgan fingerprint density at radius 1 is 1.33 bits per heavy atom. The van der Waals surface area contributed by atoms with E-state index in [0.717, 1.165) is 15.8 Å². The molecule has 18 heavy (non-hydrogen) atoms. The van der Waals surface area contributed by atoms with E-state index in [-0.39, 0.29) is 0 Å². The highest BCUT2D eigenvalue weighted by atomic mass is 79.9. The van der Waals surface area contributed by atoms with Crippen molar-refractivity contribution in [2.75, 3.05) is 7.11 Å². The van der Waals surface area contributed by atoms with Gasteiger partial charge in [0.25, 0.3) is 0 Å². The minimum Gasteiger partial charge on any atom is -0.497 e. The molecule has 0 spiro atoms. The number of methoxy groups -OCH3 is 1. The second-order valence-corrected chi connectivity index (χ2v) is 4.89. The highest BCUT2D eigenvalue weighted by molar-refractivity contribution is 9.10. The average molecular weight is 308 g/mol. The van der Waals surface area contributed by atoms with Crippen LogP contribution in [0.3, 0.4) is 0 Å². The van der Waals surface area contributed by atoms with E-state index in [4.69, 9.17) is 4.74 Å². The average Bonchev–Trinajstić information content (AvgIpc) is 2.39. The summed E-state index contributed by atoms with van der Waals surface area (Å²) in [5, 5.41) is 10.1. The van der Waals surface area contributed by atoms with E-state index in [9.17, 15) is 5.11 Å². The second kappa shape index (κ2) is 5.98. The van der Waals surface area contributed by atoms with Crippen molar-refractivity contribution in [2.24, 2.45) is 0 Å². The number of pyridine rings is 1. The Morgan fingerprint density at radius 3 is 2.83 bits per heavy atom. The number of aliphatic hydroxyl groups excluding tert-OH is 1. The molecule has 94 valence electrons. The predicted molar refractivity (Wildman–Crippen MR) is 73.6 cm³/mol. The van der Waals surface area contributed by atoms with Gasteiger partial charge in [-0.05, 0) is 45.8 Å². The van der Waals surface area contributed by atoms with E-state index >= 15 is 0 Å². The van der Waals surface area contributed by atoms with E-state index in [1.54, 1.807) is 13.3 Å². The minimum atomic E-state index is -0.606. The summed E-state index contributed by atoms with van der Waals surface area (Å²) in [4.78, 5) is 4.19. The number of hydrogen-bond donors (Lipinski definition) is 1. The number of rotatable bonds is 4. The Kier molecular flexibility index (Phi) is 4.33. The lowest BCUT2D eigenvalue weighted by Crippen LogP contribution is -2.04. The molecule has 1 atom stereocenters. The van der Waals surface area contributed by atoms with Gasteiger partial charge in [-0.25, -0.2) is 0 Å². The van der Waals surface area contributed by atoms with Gasteiger partial charge in [-0.15, -0.1) is 0 Å². The first-order chi connectivity index (χ1) is 8.69. The molecule has 1 aromatic carbocycles. The Bertz CT molecular complexity index is 513. The molecule has 0 saturated heterocycles. The van der Waals surface area contributed by atoms with Gasteiger partial charge in [0, 0.05) is 17.1 Å². The van der Waals surface area contributed by atoms with Crippen molar-refractivity contribution in [1.82, 2.24) is 4.98 Å². The lowest BCUT2D eigenvalue weighted by molar-refractivity contribution is 0.173. The summed E-state index contributed by atoms with van der Waals surface area (Å²) in [5.41, 5.74) is 1.69. The Labute approximate surface area is 115 Å². The van der Waals surface area contributed by atoms with Gasteiger partial charge in [0.2, 0.25) is 0 Å². The van der Waals surface area contributed by atoms with Gasteiger partial charge in [0.05, 0.1) is 18.9 Å². The van der Waals surface area contributed by atoms with Crippen LogP contribution < -0.4 is 4.74 Å². The van der Waals surface area contributed by atoms with Crippen molar-refractivity contribution in [2.45, 2.75) is 12.5 Å². The highest BCUT2D eigenvalue weighted by Gasteiger charge is 2.10. The minimum absolute atomic E-state index is 0.520. The molecule has 2 rings (SSSR count). The summed E-state index contributed by atoms with van der Waals surface area (Å²) >= 11 is 3.32. The van der Waals surface area contributed by atoms with E-state index in [0.29, 0.717) is 12.1 Å². The molecule has 0 radical (unpaired) electrons. The van der Waals surface area contributed by atoms with Crippen LogP contribution >= 0.6 is 15.9 Å². The largest absolute Gasteiger partial charge is 0.497 e. The van der Waals surface area contributed by atoms with Crippen LogP contribution in [-0.4, -0.2) is 17.2 Å². The SMILES string of the molecule is COc1cccc(CC(O)c2ccc(Br)cn2)c1. The zero-order valence-electron chi connectivity index (χ0n) is 10.0. The first-order valence-electron chi connectivity index (χ1n) is 5.61. The Morgan fingerprint density at radius 2 is 2.17 bits per heavy atom. The molecule has 0 aliphatic carbocycles. The fourth-order valence-electron chi connectivity index (χ4n) is 1.71. The molecular weight excluding hydrogens is 294 g/mol. The van der Waals surface area contributed by atoms with Crippen LogP contribution in [0.2, 0.25) is 0 Å². The first-order valence-corrected chi connectivity index (χ1v) is 6.41. The maximum absolute atomic E-state index is 10.1. The Balaban J connectivity index is 2.10. The van der Waals surface area contributed by atoms with Crippen molar-refractivity contribution in [1.29, 1.82) is 0 Å². The maximum Gasteiger partial charge on any atom is 0.119 e. The van der Waals surface area contributed by atoms with Crippen LogP contribution in [0.5, 0.6) is 5.75 Å². The number of aliphatic hydroxyl groups is 1. The van der Waals surface area contributed by atoms with Gasteiger partial charge in [0.15, 0.2) is 0 Å². The molecule has 0 saturated carbocycles. The van der Waals surface area contributed by atoms with Crippen LogP contribution in [0, 0.1) is 0 Å². The smallest absolute Gasteiger partial charge is 0.119 e. The zero-order chi connectivity index (χ0) is 13.0. The quantitative estimate of drug-likeness (QED) is 0.943. The molecule has 0 bridgehead atoms. The van der Waals surface area contributed by atoms with E-state index in [1.165, 1.54) is 0 Å². The van der Waals surface area contributed by atoms with Crippen molar-refractivity contribution in [3.63, 3.8) is 0 Å². The number of nitrogens with zero attached hydrogens (tertiary/aromatic N) is 1. The van der Waals surface area contributed by atoms with Gasteiger partial charge < -0.3 is 9.84 Å². The molecule has 0 aliphatic rings. The summed E-state index contributed by atoms with van der Waals surface area (Å²) in [6.45, 7) is 0. The third-order valence-electron chi connectivity index (χ3n) is 2.65. The molecule has 3 nitrogen and oxygen atoms in total. The van der Waals surface area contributed by atoms with Gasteiger partial charge >= 0.3 is 0 Å². The first kappa shape index (κ1) is 13.1. The van der Waals surface area contributed by atoms with Gasteiger partial charge in [-0.3, -0.25) is 4.98 Å². The molecule has 0 aliphatic heterocycles. The lowest BCUT2D eigenvalue weighted by Gasteiger charge is -2.11. The molecule has 1 heterocycles. The molecule has 4 heteroatoms. The van der Waals surface area contributed by atoms with E-state index in [2.05, 4.69) is 20.9 Å². The molecule has 1 unspecified atom stereocenters. The Hall–Kier alpha value is -1.39. The van der Waals surface area contributed by atoms with Crippen molar-refractivity contribution in [3.8, 4) is 5.75 Å². The summed E-state index contributed by atoms with van der Waals surface area (Å²) in [7, 11) is 1.63. The summed E-state index contributed by atoms with van der Waals surface area (Å²) in [6, 6.07) is 11.4. The van der Waals surface area contributed by atoms with Gasteiger partial charge in [-0.2, -0.15) is 0 Å². The van der Waals surface area contributed by atoms with E-state index in [1.807, 2.05) is 36.4 Å². The monoisotopic (exact) mass is 307 g/mol. The van der Waals surface area contributed by atoms with Crippen LogP contribution in [0.25, 0.3) is 0 Å². The van der Waals surface area contributed by atoms with Gasteiger partial charge in [-0.1, -0.05) is 12.1 Å². The molecule has 0 amide bonds. The van der Waals surface area contributed by atoms with Crippen molar-refractivity contribution in [3.05, 3.63) is 58.3 Å². The number of aromatic nitrogens is 1. The third kappa shape index (κ3) is 3.31. The third-order valence-corrected chi connectivity index (χ3v) is 3.12. The summed E-state index contributed by atoms with van der Waals surface area (Å²) < 4.78 is 6.06. The molecular formula is C14H14BrNO2. The molecule has 2 aromatic rings. The number of halogens is 1.